The van der Waals surface area contributed by atoms with Crippen LogP contribution in [0.3, 0.4) is 0 Å². The molecule has 0 saturated carbocycles. The van der Waals surface area contributed by atoms with Gasteiger partial charge in [0.05, 0.1) is 15.7 Å². The molecule has 0 atom stereocenters. The summed E-state index contributed by atoms with van der Waals surface area (Å²) in [7, 11) is 0. The van der Waals surface area contributed by atoms with Crippen molar-refractivity contribution in [3.8, 4) is 0 Å². The standard InChI is InChI=1S/C12H11N3S2/c1-3-5-17-12-10-7-11-9(4-6-16-11)15(10)8(2)13-14-12/h3-4,6-7H,1,5H2,2H3. The summed E-state index contributed by atoms with van der Waals surface area (Å²) in [6, 6.07) is 4.32. The maximum Gasteiger partial charge on any atom is 0.143 e. The second-order valence-electron chi connectivity index (χ2n) is 3.69. The van der Waals surface area contributed by atoms with Crippen LogP contribution in [0.2, 0.25) is 0 Å². The highest BCUT2D eigenvalue weighted by molar-refractivity contribution is 7.99. The number of hydrogen-bond donors (Lipinski definition) is 0. The summed E-state index contributed by atoms with van der Waals surface area (Å²) in [5.41, 5.74) is 2.36. The molecule has 0 spiro atoms. The van der Waals surface area contributed by atoms with Crippen LogP contribution in [0.1, 0.15) is 5.82 Å². The van der Waals surface area contributed by atoms with Crippen molar-refractivity contribution in [2.24, 2.45) is 0 Å². The van der Waals surface area contributed by atoms with Gasteiger partial charge in [-0.2, -0.15) is 0 Å². The first-order valence-corrected chi connectivity index (χ1v) is 7.13. The number of hydrogen-bond acceptors (Lipinski definition) is 4. The Morgan fingerprint density at radius 3 is 3.18 bits per heavy atom. The van der Waals surface area contributed by atoms with E-state index in [9.17, 15) is 0 Å². The van der Waals surface area contributed by atoms with E-state index in [1.54, 1.807) is 23.1 Å². The number of aryl methyl sites for hydroxylation is 1. The van der Waals surface area contributed by atoms with E-state index in [4.69, 9.17) is 0 Å². The van der Waals surface area contributed by atoms with E-state index >= 15 is 0 Å². The van der Waals surface area contributed by atoms with Crippen LogP contribution < -0.4 is 0 Å². The average Bonchev–Trinajstić information content (AvgIpc) is 2.88. The van der Waals surface area contributed by atoms with Crippen LogP contribution in [0.25, 0.3) is 15.7 Å². The average molecular weight is 261 g/mol. The molecular formula is C12H11N3S2. The van der Waals surface area contributed by atoms with Gasteiger partial charge in [-0.25, -0.2) is 0 Å². The van der Waals surface area contributed by atoms with Gasteiger partial charge >= 0.3 is 0 Å². The minimum Gasteiger partial charge on any atom is -0.293 e. The quantitative estimate of drug-likeness (QED) is 0.533. The number of aromatic nitrogens is 3. The number of rotatable bonds is 3. The Balaban J connectivity index is 2.30. The van der Waals surface area contributed by atoms with Crippen molar-refractivity contribution in [3.63, 3.8) is 0 Å². The molecule has 17 heavy (non-hydrogen) atoms. The first-order valence-electron chi connectivity index (χ1n) is 5.27. The molecule has 3 aromatic heterocycles. The van der Waals surface area contributed by atoms with Crippen molar-refractivity contribution in [2.45, 2.75) is 11.9 Å². The molecule has 0 radical (unpaired) electrons. The third-order valence-corrected chi connectivity index (χ3v) is 4.41. The predicted octanol–water partition coefficient (Wildman–Crippen LogP) is 3.53. The van der Waals surface area contributed by atoms with Crippen LogP contribution in [0.4, 0.5) is 0 Å². The lowest BCUT2D eigenvalue weighted by molar-refractivity contribution is 0.837. The molecule has 3 heterocycles. The van der Waals surface area contributed by atoms with E-state index in [1.807, 2.05) is 13.0 Å². The van der Waals surface area contributed by atoms with Crippen LogP contribution in [0.15, 0.2) is 35.2 Å². The van der Waals surface area contributed by atoms with Gasteiger partial charge in [0.15, 0.2) is 0 Å². The molecule has 3 nitrogen and oxygen atoms in total. The van der Waals surface area contributed by atoms with E-state index in [2.05, 4.69) is 38.7 Å². The third kappa shape index (κ3) is 1.66. The van der Waals surface area contributed by atoms with Crippen molar-refractivity contribution in [3.05, 3.63) is 36.0 Å². The Kier molecular flexibility index (Phi) is 2.64. The van der Waals surface area contributed by atoms with Crippen LogP contribution in [0, 0.1) is 6.92 Å². The van der Waals surface area contributed by atoms with E-state index in [0.717, 1.165) is 22.1 Å². The molecule has 0 amide bonds. The molecular weight excluding hydrogens is 250 g/mol. The van der Waals surface area contributed by atoms with Gasteiger partial charge in [0.25, 0.3) is 0 Å². The topological polar surface area (TPSA) is 30.2 Å². The maximum atomic E-state index is 4.27. The van der Waals surface area contributed by atoms with Gasteiger partial charge < -0.3 is 0 Å². The fourth-order valence-corrected chi connectivity index (χ4v) is 3.36. The monoisotopic (exact) mass is 261 g/mol. The normalized spacial score (nSPS) is 11.4. The van der Waals surface area contributed by atoms with Crippen molar-refractivity contribution >= 4 is 38.8 Å². The van der Waals surface area contributed by atoms with E-state index in [0.29, 0.717) is 0 Å². The van der Waals surface area contributed by atoms with Gasteiger partial charge in [-0.05, 0) is 24.4 Å². The smallest absolute Gasteiger partial charge is 0.143 e. The highest BCUT2D eigenvalue weighted by atomic mass is 32.2. The maximum absolute atomic E-state index is 4.27. The Morgan fingerprint density at radius 2 is 2.35 bits per heavy atom. The zero-order valence-corrected chi connectivity index (χ0v) is 11.0. The summed E-state index contributed by atoms with van der Waals surface area (Å²) in [6.45, 7) is 5.72. The molecule has 0 aliphatic heterocycles. The zero-order valence-electron chi connectivity index (χ0n) is 9.38. The molecule has 0 aromatic carbocycles. The second kappa shape index (κ2) is 4.16. The summed E-state index contributed by atoms with van der Waals surface area (Å²) >= 11 is 3.42. The molecule has 0 aliphatic rings. The minimum absolute atomic E-state index is 0.853. The van der Waals surface area contributed by atoms with Crippen LogP contribution in [-0.4, -0.2) is 20.4 Å². The summed E-state index contributed by atoms with van der Waals surface area (Å²) in [6.07, 6.45) is 1.88. The summed E-state index contributed by atoms with van der Waals surface area (Å²) in [5.74, 6) is 1.78. The van der Waals surface area contributed by atoms with E-state index < -0.39 is 0 Å². The van der Waals surface area contributed by atoms with Crippen molar-refractivity contribution in [1.82, 2.24) is 14.6 Å². The van der Waals surface area contributed by atoms with Gasteiger partial charge in [-0.1, -0.05) is 17.8 Å². The fraction of sp³-hybridized carbons (Fsp3) is 0.167. The van der Waals surface area contributed by atoms with Gasteiger partial charge in [0.2, 0.25) is 0 Å². The van der Waals surface area contributed by atoms with Gasteiger partial charge in [-0.15, -0.1) is 28.1 Å². The summed E-state index contributed by atoms with van der Waals surface area (Å²) in [5, 5.41) is 11.6. The van der Waals surface area contributed by atoms with Gasteiger partial charge in [0, 0.05) is 5.75 Å². The molecule has 3 rings (SSSR count). The minimum atomic E-state index is 0.853. The molecule has 0 unspecified atom stereocenters. The van der Waals surface area contributed by atoms with E-state index in [1.165, 1.54) is 10.2 Å². The lowest BCUT2D eigenvalue weighted by atomic mass is 10.5. The Bertz CT molecular complexity index is 696. The van der Waals surface area contributed by atoms with Crippen LogP contribution >= 0.6 is 23.1 Å². The molecule has 86 valence electrons. The lowest BCUT2D eigenvalue weighted by Gasteiger charge is -2.04. The van der Waals surface area contributed by atoms with Crippen LogP contribution in [-0.2, 0) is 0 Å². The molecule has 3 aromatic rings. The number of fused-ring (bicyclic) bond motifs is 3. The number of thioether (sulfide) groups is 1. The SMILES string of the molecule is C=CCSc1nnc(C)n2c1cc1sccc12. The van der Waals surface area contributed by atoms with Crippen molar-refractivity contribution in [2.75, 3.05) is 5.75 Å². The first kappa shape index (κ1) is 10.8. The molecule has 0 fully saturated rings. The number of nitrogens with zero attached hydrogens (tertiary/aromatic N) is 3. The Hall–Kier alpha value is -1.33. The molecule has 0 N–H and O–H groups in total. The van der Waals surface area contributed by atoms with Crippen molar-refractivity contribution < 1.29 is 0 Å². The fourth-order valence-electron chi connectivity index (χ4n) is 1.89. The molecule has 0 aliphatic carbocycles. The first-order chi connectivity index (χ1) is 8.31. The highest BCUT2D eigenvalue weighted by Crippen LogP contribution is 2.30. The number of thiophene rings is 1. The van der Waals surface area contributed by atoms with Gasteiger partial charge in [0.1, 0.15) is 10.9 Å². The largest absolute Gasteiger partial charge is 0.293 e. The Morgan fingerprint density at radius 1 is 1.47 bits per heavy atom. The van der Waals surface area contributed by atoms with Crippen LogP contribution in [0.5, 0.6) is 0 Å². The molecule has 0 bridgehead atoms. The van der Waals surface area contributed by atoms with Gasteiger partial charge in [-0.3, -0.25) is 4.40 Å². The van der Waals surface area contributed by atoms with Crippen molar-refractivity contribution in [1.29, 1.82) is 0 Å². The molecule has 5 heteroatoms. The second-order valence-corrected chi connectivity index (χ2v) is 5.64. The third-order valence-electron chi connectivity index (χ3n) is 2.59. The molecule has 0 saturated heterocycles. The van der Waals surface area contributed by atoms with E-state index in [-0.39, 0.29) is 0 Å². The zero-order chi connectivity index (χ0) is 11.8. The summed E-state index contributed by atoms with van der Waals surface area (Å²) < 4.78 is 3.45. The summed E-state index contributed by atoms with van der Waals surface area (Å²) in [4.78, 5) is 0. The lowest BCUT2D eigenvalue weighted by Crippen LogP contribution is -1.99. The highest BCUT2D eigenvalue weighted by Gasteiger charge is 2.11. The Labute approximate surface area is 107 Å². The predicted molar refractivity (Wildman–Crippen MR) is 74.0 cm³/mol.